The number of alkyl halides is 1. The predicted molar refractivity (Wildman–Crippen MR) is 97.6 cm³/mol. The highest BCUT2D eigenvalue weighted by Crippen LogP contribution is 2.16. The zero-order valence-corrected chi connectivity index (χ0v) is 17.3. The van der Waals surface area contributed by atoms with Crippen molar-refractivity contribution in [2.75, 3.05) is 11.9 Å². The maximum Gasteiger partial charge on any atom is 0.303 e. The number of unbranched alkanes of at least 4 members (excludes halogenated alkanes) is 3. The van der Waals surface area contributed by atoms with Crippen LogP contribution in [0.1, 0.15) is 53.4 Å². The summed E-state index contributed by atoms with van der Waals surface area (Å²) in [4.78, 5) is 46.7. The van der Waals surface area contributed by atoms with E-state index < -0.39 is 42.1 Å². The Bertz CT molecular complexity index is 484. The lowest BCUT2D eigenvalue weighted by Crippen LogP contribution is -2.53. The zero-order valence-electron chi connectivity index (χ0n) is 15.7. The van der Waals surface area contributed by atoms with Crippen molar-refractivity contribution in [3.8, 4) is 0 Å². The fourth-order valence-corrected chi connectivity index (χ4v) is 2.74. The normalized spacial score (nSPS) is 13.9. The number of hydrogen-bond acceptors (Lipinski definition) is 7. The molecule has 9 heteroatoms. The van der Waals surface area contributed by atoms with Gasteiger partial charge >= 0.3 is 17.9 Å². The van der Waals surface area contributed by atoms with Gasteiger partial charge in [-0.25, -0.2) is 0 Å². The molecule has 0 rings (SSSR count). The third-order valence-electron chi connectivity index (χ3n) is 3.32. The minimum absolute atomic E-state index is 0.0894. The van der Waals surface area contributed by atoms with Crippen molar-refractivity contribution in [1.29, 1.82) is 0 Å². The minimum Gasteiger partial charge on any atom is -0.458 e. The number of carbonyl (C=O) groups excluding carboxylic acids is 4. The van der Waals surface area contributed by atoms with E-state index in [1.165, 1.54) is 6.92 Å². The van der Waals surface area contributed by atoms with E-state index in [1.807, 2.05) is 0 Å². The third kappa shape index (κ3) is 10.4. The SMILES string of the molecule is CCCCCCNC(=O)[C@H](OC(C)=O)[C@H](OC(C)=O)[C@@H](CBr)OC(C)=O. The quantitative estimate of drug-likeness (QED) is 0.215. The van der Waals surface area contributed by atoms with Crippen LogP contribution in [0.4, 0.5) is 0 Å². The highest BCUT2D eigenvalue weighted by Gasteiger charge is 2.40. The molecule has 0 bridgehead atoms. The van der Waals surface area contributed by atoms with Crippen LogP contribution >= 0.6 is 15.9 Å². The molecule has 3 atom stereocenters. The summed E-state index contributed by atoms with van der Waals surface area (Å²) in [5.74, 6) is -2.64. The number of esters is 3. The van der Waals surface area contributed by atoms with Gasteiger partial charge in [-0.2, -0.15) is 0 Å². The molecule has 0 aliphatic carbocycles. The highest BCUT2D eigenvalue weighted by molar-refractivity contribution is 9.09. The number of hydrogen-bond donors (Lipinski definition) is 1. The van der Waals surface area contributed by atoms with Gasteiger partial charge in [0.05, 0.1) is 0 Å². The van der Waals surface area contributed by atoms with Crippen molar-refractivity contribution in [3.63, 3.8) is 0 Å². The smallest absolute Gasteiger partial charge is 0.303 e. The first-order chi connectivity index (χ1) is 12.2. The lowest BCUT2D eigenvalue weighted by molar-refractivity contribution is -0.184. The molecule has 0 unspecified atom stereocenters. The molecule has 0 aromatic heterocycles. The number of ether oxygens (including phenoxy) is 3. The van der Waals surface area contributed by atoms with Crippen molar-refractivity contribution in [2.45, 2.75) is 71.7 Å². The van der Waals surface area contributed by atoms with Gasteiger partial charge in [0.25, 0.3) is 5.91 Å². The third-order valence-corrected chi connectivity index (χ3v) is 3.96. The molecule has 0 spiro atoms. The summed E-state index contributed by atoms with van der Waals surface area (Å²) in [7, 11) is 0. The average Bonchev–Trinajstić information content (AvgIpc) is 2.54. The molecule has 0 saturated heterocycles. The number of amides is 1. The molecule has 150 valence electrons. The van der Waals surface area contributed by atoms with Crippen LogP contribution in [0.3, 0.4) is 0 Å². The van der Waals surface area contributed by atoms with Crippen LogP contribution in [0.15, 0.2) is 0 Å². The standard InChI is InChI=1S/C17H28BrNO7/c1-5-6-7-8-9-19-17(23)16(26-13(4)22)15(25-12(3)21)14(10-18)24-11(2)20/h14-16H,5-10H2,1-4H3,(H,19,23)/t14-,15-,16-/m1/s1. The summed E-state index contributed by atoms with van der Waals surface area (Å²) in [6.45, 7) is 5.96. The first-order valence-electron chi connectivity index (χ1n) is 8.58. The van der Waals surface area contributed by atoms with Crippen LogP contribution in [0.25, 0.3) is 0 Å². The zero-order chi connectivity index (χ0) is 20.1. The second-order valence-corrected chi connectivity index (χ2v) is 6.41. The van der Waals surface area contributed by atoms with Gasteiger partial charge in [-0.3, -0.25) is 19.2 Å². The molecule has 8 nitrogen and oxygen atoms in total. The van der Waals surface area contributed by atoms with Gasteiger partial charge in [0.1, 0.15) is 0 Å². The van der Waals surface area contributed by atoms with Gasteiger partial charge in [0.15, 0.2) is 12.2 Å². The van der Waals surface area contributed by atoms with E-state index in [2.05, 4.69) is 28.2 Å². The van der Waals surface area contributed by atoms with E-state index in [1.54, 1.807) is 0 Å². The summed E-state index contributed by atoms with van der Waals surface area (Å²) in [6.07, 6.45) is 0.160. The average molecular weight is 438 g/mol. The first-order valence-corrected chi connectivity index (χ1v) is 9.70. The van der Waals surface area contributed by atoms with Crippen molar-refractivity contribution in [2.24, 2.45) is 0 Å². The number of rotatable bonds is 12. The van der Waals surface area contributed by atoms with Gasteiger partial charge in [0, 0.05) is 32.6 Å². The number of nitrogens with one attached hydrogen (secondary N) is 1. The van der Waals surface area contributed by atoms with Crippen LogP contribution in [0, 0.1) is 0 Å². The van der Waals surface area contributed by atoms with Crippen molar-refractivity contribution in [1.82, 2.24) is 5.32 Å². The fourth-order valence-electron chi connectivity index (χ4n) is 2.24. The highest BCUT2D eigenvalue weighted by atomic mass is 79.9. The Kier molecular flexibility index (Phi) is 12.7. The van der Waals surface area contributed by atoms with Crippen molar-refractivity contribution in [3.05, 3.63) is 0 Å². The maximum atomic E-state index is 12.5. The lowest BCUT2D eigenvalue weighted by atomic mass is 10.1. The Balaban J connectivity index is 5.27. The lowest BCUT2D eigenvalue weighted by Gasteiger charge is -2.30. The molecular weight excluding hydrogens is 410 g/mol. The van der Waals surface area contributed by atoms with Gasteiger partial charge in [-0.05, 0) is 6.42 Å². The van der Waals surface area contributed by atoms with Crippen molar-refractivity contribution >= 4 is 39.7 Å². The largest absolute Gasteiger partial charge is 0.458 e. The molecular formula is C17H28BrNO7. The molecule has 0 aromatic rings. The minimum atomic E-state index is -1.43. The molecule has 1 N–H and O–H groups in total. The maximum absolute atomic E-state index is 12.5. The van der Waals surface area contributed by atoms with E-state index >= 15 is 0 Å². The summed E-state index contributed by atoms with van der Waals surface area (Å²) >= 11 is 3.16. The molecule has 1 amide bonds. The molecule has 0 radical (unpaired) electrons. The molecule has 0 fully saturated rings. The number of carbonyl (C=O) groups is 4. The second-order valence-electron chi connectivity index (χ2n) is 5.76. The monoisotopic (exact) mass is 437 g/mol. The second kappa shape index (κ2) is 13.5. The predicted octanol–water partition coefficient (Wildman–Crippen LogP) is 1.87. The molecule has 26 heavy (non-hydrogen) atoms. The van der Waals surface area contributed by atoms with Crippen LogP contribution in [0.5, 0.6) is 0 Å². The molecule has 0 aliphatic rings. The van der Waals surface area contributed by atoms with E-state index in [4.69, 9.17) is 14.2 Å². The first kappa shape index (κ1) is 24.4. The fraction of sp³-hybridized carbons (Fsp3) is 0.765. The van der Waals surface area contributed by atoms with E-state index in [9.17, 15) is 19.2 Å². The summed E-state index contributed by atoms with van der Waals surface area (Å²) in [5.41, 5.74) is 0. The molecule has 0 heterocycles. The van der Waals surface area contributed by atoms with E-state index in [0.717, 1.165) is 39.5 Å². The van der Waals surface area contributed by atoms with Crippen molar-refractivity contribution < 1.29 is 33.4 Å². The Morgan fingerprint density at radius 2 is 1.46 bits per heavy atom. The Labute approximate surface area is 162 Å². The van der Waals surface area contributed by atoms with Gasteiger partial charge in [-0.1, -0.05) is 42.1 Å². The summed E-state index contributed by atoms with van der Waals surface area (Å²) in [6, 6.07) is 0. The molecule has 0 saturated carbocycles. The van der Waals surface area contributed by atoms with Crippen LogP contribution < -0.4 is 5.32 Å². The Morgan fingerprint density at radius 1 is 0.885 bits per heavy atom. The van der Waals surface area contributed by atoms with E-state index in [0.29, 0.717) is 6.54 Å². The summed E-state index contributed by atoms with van der Waals surface area (Å²) in [5, 5.41) is 2.76. The van der Waals surface area contributed by atoms with Crippen LogP contribution in [-0.2, 0) is 33.4 Å². The molecule has 0 aromatic carbocycles. The van der Waals surface area contributed by atoms with Gasteiger partial charge < -0.3 is 19.5 Å². The topological polar surface area (TPSA) is 108 Å². The van der Waals surface area contributed by atoms with E-state index in [-0.39, 0.29) is 5.33 Å². The Hall–Kier alpha value is -1.64. The summed E-state index contributed by atoms with van der Waals surface area (Å²) < 4.78 is 15.3. The van der Waals surface area contributed by atoms with Gasteiger partial charge in [-0.15, -0.1) is 0 Å². The molecule has 0 aliphatic heterocycles. The van der Waals surface area contributed by atoms with Gasteiger partial charge in [0.2, 0.25) is 6.10 Å². The number of halogens is 1. The van der Waals surface area contributed by atoms with Crippen LogP contribution in [0.2, 0.25) is 0 Å². The van der Waals surface area contributed by atoms with Crippen LogP contribution in [-0.4, -0.2) is 54.0 Å². The Morgan fingerprint density at radius 3 is 1.92 bits per heavy atom.